The number of rotatable bonds is 6. The van der Waals surface area contributed by atoms with E-state index in [4.69, 9.17) is 4.74 Å². The van der Waals surface area contributed by atoms with Gasteiger partial charge >= 0.3 is 0 Å². The van der Waals surface area contributed by atoms with Crippen LogP contribution in [0.25, 0.3) is 0 Å². The van der Waals surface area contributed by atoms with Crippen LogP contribution in [-0.2, 0) is 11.2 Å². The van der Waals surface area contributed by atoms with Crippen molar-refractivity contribution in [1.29, 1.82) is 0 Å². The first-order chi connectivity index (χ1) is 9.72. The summed E-state index contributed by atoms with van der Waals surface area (Å²) in [6.45, 7) is 6.40. The predicted octanol–water partition coefficient (Wildman–Crippen LogP) is 2.53. The molecule has 0 bridgehead atoms. The van der Waals surface area contributed by atoms with Crippen molar-refractivity contribution in [3.63, 3.8) is 0 Å². The summed E-state index contributed by atoms with van der Waals surface area (Å²) in [6, 6.07) is 9.17. The summed E-state index contributed by atoms with van der Waals surface area (Å²) < 4.78 is 7.29. The molecule has 1 aliphatic heterocycles. The minimum Gasteiger partial charge on any atom is -0.374 e. The SMILES string of the molecule is CCCN1CCOC(C(Cc2ccc(I)cc2)NC)C1. The van der Waals surface area contributed by atoms with E-state index in [2.05, 4.69) is 64.0 Å². The molecule has 1 heterocycles. The maximum atomic E-state index is 6.00. The number of halogens is 1. The van der Waals surface area contributed by atoms with Crippen LogP contribution in [0.15, 0.2) is 24.3 Å². The zero-order valence-corrected chi connectivity index (χ0v) is 14.6. The van der Waals surface area contributed by atoms with Gasteiger partial charge in [-0.3, -0.25) is 4.90 Å². The number of nitrogens with zero attached hydrogens (tertiary/aromatic N) is 1. The largest absolute Gasteiger partial charge is 0.374 e. The predicted molar refractivity (Wildman–Crippen MR) is 92.2 cm³/mol. The summed E-state index contributed by atoms with van der Waals surface area (Å²) in [5.41, 5.74) is 1.38. The highest BCUT2D eigenvalue weighted by Gasteiger charge is 2.26. The van der Waals surface area contributed by atoms with Crippen LogP contribution in [0, 0.1) is 3.57 Å². The lowest BCUT2D eigenvalue weighted by Gasteiger charge is -2.37. The van der Waals surface area contributed by atoms with Gasteiger partial charge in [-0.15, -0.1) is 0 Å². The Morgan fingerprint density at radius 3 is 2.80 bits per heavy atom. The molecule has 4 heteroatoms. The zero-order valence-electron chi connectivity index (χ0n) is 12.4. The van der Waals surface area contributed by atoms with Crippen molar-refractivity contribution in [3.05, 3.63) is 33.4 Å². The van der Waals surface area contributed by atoms with E-state index in [0.29, 0.717) is 12.1 Å². The topological polar surface area (TPSA) is 24.5 Å². The molecule has 1 saturated heterocycles. The Bertz CT molecular complexity index is 394. The van der Waals surface area contributed by atoms with E-state index in [9.17, 15) is 0 Å². The van der Waals surface area contributed by atoms with Crippen molar-refractivity contribution in [3.8, 4) is 0 Å². The summed E-state index contributed by atoms with van der Waals surface area (Å²) in [6.07, 6.45) is 2.53. The molecule has 1 aliphatic rings. The number of ether oxygens (including phenoxy) is 1. The van der Waals surface area contributed by atoms with Crippen molar-refractivity contribution in [1.82, 2.24) is 10.2 Å². The van der Waals surface area contributed by atoms with E-state index < -0.39 is 0 Å². The fourth-order valence-electron chi connectivity index (χ4n) is 2.79. The van der Waals surface area contributed by atoms with Crippen LogP contribution < -0.4 is 5.32 Å². The molecule has 112 valence electrons. The van der Waals surface area contributed by atoms with E-state index in [1.807, 2.05) is 7.05 Å². The van der Waals surface area contributed by atoms with Crippen LogP contribution in [0.1, 0.15) is 18.9 Å². The lowest BCUT2D eigenvalue weighted by atomic mass is 10.00. The third kappa shape index (κ3) is 4.69. The Labute approximate surface area is 136 Å². The molecular weight excluding hydrogens is 363 g/mol. The molecule has 2 rings (SSSR count). The van der Waals surface area contributed by atoms with Gasteiger partial charge in [0.05, 0.1) is 12.7 Å². The lowest BCUT2D eigenvalue weighted by molar-refractivity contribution is -0.0450. The Balaban J connectivity index is 1.95. The van der Waals surface area contributed by atoms with E-state index in [0.717, 1.165) is 26.1 Å². The molecule has 0 aliphatic carbocycles. The first-order valence-corrected chi connectivity index (χ1v) is 8.56. The summed E-state index contributed by atoms with van der Waals surface area (Å²) in [5, 5.41) is 3.44. The van der Waals surface area contributed by atoms with Crippen LogP contribution in [0.2, 0.25) is 0 Å². The molecule has 2 unspecified atom stereocenters. The molecule has 0 saturated carbocycles. The fourth-order valence-corrected chi connectivity index (χ4v) is 3.15. The lowest BCUT2D eigenvalue weighted by Crippen LogP contribution is -2.52. The quantitative estimate of drug-likeness (QED) is 0.759. The zero-order chi connectivity index (χ0) is 14.4. The van der Waals surface area contributed by atoms with Crippen molar-refractivity contribution in [2.24, 2.45) is 0 Å². The van der Waals surface area contributed by atoms with Crippen LogP contribution in [0.5, 0.6) is 0 Å². The van der Waals surface area contributed by atoms with E-state index >= 15 is 0 Å². The Morgan fingerprint density at radius 2 is 2.15 bits per heavy atom. The number of nitrogens with one attached hydrogen (secondary N) is 1. The Morgan fingerprint density at radius 1 is 1.40 bits per heavy atom. The molecule has 1 fully saturated rings. The van der Waals surface area contributed by atoms with Crippen LogP contribution in [0.3, 0.4) is 0 Å². The highest BCUT2D eigenvalue weighted by Crippen LogP contribution is 2.15. The second-order valence-electron chi connectivity index (χ2n) is 5.44. The number of hydrogen-bond acceptors (Lipinski definition) is 3. The molecule has 0 aromatic heterocycles. The first-order valence-electron chi connectivity index (χ1n) is 7.48. The smallest absolute Gasteiger partial charge is 0.0858 e. The third-order valence-corrected chi connectivity index (χ3v) is 4.63. The minimum atomic E-state index is 0.291. The molecular formula is C16H25IN2O. The Hall–Kier alpha value is -0.170. The van der Waals surface area contributed by atoms with E-state index in [-0.39, 0.29) is 0 Å². The van der Waals surface area contributed by atoms with Crippen LogP contribution >= 0.6 is 22.6 Å². The first kappa shape index (κ1) is 16.2. The number of hydrogen-bond donors (Lipinski definition) is 1. The van der Waals surface area contributed by atoms with Gasteiger partial charge in [-0.25, -0.2) is 0 Å². The normalized spacial score (nSPS) is 21.9. The summed E-state index contributed by atoms with van der Waals surface area (Å²) in [7, 11) is 2.04. The average Bonchev–Trinajstić information content (AvgIpc) is 2.47. The number of likely N-dealkylation sites (N-methyl/N-ethyl adjacent to an activating group) is 1. The second kappa shape index (κ2) is 8.32. The van der Waals surface area contributed by atoms with Crippen LogP contribution in [0.4, 0.5) is 0 Å². The minimum absolute atomic E-state index is 0.291. The van der Waals surface area contributed by atoms with Crippen LogP contribution in [-0.4, -0.2) is 50.3 Å². The molecule has 3 nitrogen and oxygen atoms in total. The molecule has 1 aromatic rings. The molecule has 1 N–H and O–H groups in total. The maximum Gasteiger partial charge on any atom is 0.0858 e. The second-order valence-corrected chi connectivity index (χ2v) is 6.68. The van der Waals surface area contributed by atoms with Gasteiger partial charge in [-0.2, -0.15) is 0 Å². The fraction of sp³-hybridized carbons (Fsp3) is 0.625. The maximum absolute atomic E-state index is 6.00. The van der Waals surface area contributed by atoms with Gasteiger partial charge in [0.1, 0.15) is 0 Å². The van der Waals surface area contributed by atoms with E-state index in [1.165, 1.54) is 22.1 Å². The van der Waals surface area contributed by atoms with Crippen molar-refractivity contribution in [2.45, 2.75) is 31.9 Å². The monoisotopic (exact) mass is 388 g/mol. The average molecular weight is 388 g/mol. The third-order valence-electron chi connectivity index (χ3n) is 3.91. The molecule has 0 amide bonds. The molecule has 0 spiro atoms. The molecule has 2 atom stereocenters. The summed E-state index contributed by atoms with van der Waals surface area (Å²) in [5.74, 6) is 0. The van der Waals surface area contributed by atoms with Gasteiger partial charge in [-0.05, 0) is 66.7 Å². The number of benzene rings is 1. The van der Waals surface area contributed by atoms with Gasteiger partial charge in [0.15, 0.2) is 0 Å². The number of morpholine rings is 1. The van der Waals surface area contributed by atoms with Crippen molar-refractivity contribution in [2.75, 3.05) is 33.3 Å². The standard InChI is InChI=1S/C16H25IN2O/c1-3-8-19-9-10-20-16(12-19)15(18-2)11-13-4-6-14(17)7-5-13/h4-7,15-16,18H,3,8-12H2,1-2H3. The van der Waals surface area contributed by atoms with Crippen molar-refractivity contribution < 1.29 is 4.74 Å². The Kier molecular flexibility index (Phi) is 6.74. The molecule has 0 radical (unpaired) electrons. The highest BCUT2D eigenvalue weighted by atomic mass is 127. The van der Waals surface area contributed by atoms with Gasteiger partial charge in [0.25, 0.3) is 0 Å². The summed E-state index contributed by atoms with van der Waals surface area (Å²) in [4.78, 5) is 2.52. The highest BCUT2D eigenvalue weighted by molar-refractivity contribution is 14.1. The molecule has 20 heavy (non-hydrogen) atoms. The van der Waals surface area contributed by atoms with Gasteiger partial charge in [0, 0.05) is 22.7 Å². The van der Waals surface area contributed by atoms with Gasteiger partial charge in [0.2, 0.25) is 0 Å². The van der Waals surface area contributed by atoms with Gasteiger partial charge < -0.3 is 10.1 Å². The molecule has 1 aromatic carbocycles. The summed E-state index contributed by atoms with van der Waals surface area (Å²) >= 11 is 2.35. The van der Waals surface area contributed by atoms with Crippen molar-refractivity contribution >= 4 is 22.6 Å². The van der Waals surface area contributed by atoms with Gasteiger partial charge in [-0.1, -0.05) is 19.1 Å². The van der Waals surface area contributed by atoms with E-state index in [1.54, 1.807) is 0 Å².